The molecule has 0 aliphatic carbocycles. The summed E-state index contributed by atoms with van der Waals surface area (Å²) in [6.07, 6.45) is -0.301. The fourth-order valence-electron chi connectivity index (χ4n) is 2.09. The summed E-state index contributed by atoms with van der Waals surface area (Å²) < 4.78 is 12.2. The van der Waals surface area contributed by atoms with E-state index in [2.05, 4.69) is 10.2 Å². The Bertz CT molecular complexity index is 678. The normalized spacial score (nSPS) is 12.7. The molecule has 0 spiro atoms. The van der Waals surface area contributed by atoms with Gasteiger partial charge in [0.2, 0.25) is 0 Å². The van der Waals surface area contributed by atoms with Crippen molar-refractivity contribution in [1.29, 1.82) is 0 Å². The lowest BCUT2D eigenvalue weighted by Crippen LogP contribution is -2.20. The van der Waals surface area contributed by atoms with Crippen LogP contribution >= 0.6 is 11.6 Å². The van der Waals surface area contributed by atoms with Gasteiger partial charge in [0.25, 0.3) is 0 Å². The first-order valence-electron chi connectivity index (χ1n) is 6.60. The Morgan fingerprint density at radius 1 is 1.33 bits per heavy atom. The molecular weight excluding hydrogens is 294 g/mol. The highest BCUT2D eigenvalue weighted by Crippen LogP contribution is 2.27. The first kappa shape index (κ1) is 15.6. The molecule has 1 atom stereocenters. The first-order valence-corrected chi connectivity index (χ1v) is 6.98. The fourth-order valence-corrected chi connectivity index (χ4v) is 2.35. The molecule has 7 heteroatoms. The van der Waals surface area contributed by atoms with Crippen molar-refractivity contribution in [1.82, 2.24) is 14.8 Å². The van der Waals surface area contributed by atoms with E-state index in [9.17, 15) is 4.79 Å². The zero-order valence-electron chi connectivity index (χ0n) is 12.4. The van der Waals surface area contributed by atoms with E-state index in [1.165, 1.54) is 11.7 Å². The molecule has 0 bridgehead atoms. The zero-order valence-corrected chi connectivity index (χ0v) is 13.1. The summed E-state index contributed by atoms with van der Waals surface area (Å²) in [7, 11) is 1.54. The fraction of sp³-hybridized carbons (Fsp3) is 0.429. The van der Waals surface area contributed by atoms with Crippen molar-refractivity contribution in [3.05, 3.63) is 39.5 Å². The van der Waals surface area contributed by atoms with Gasteiger partial charge in [-0.2, -0.15) is 5.10 Å². The van der Waals surface area contributed by atoms with Crippen molar-refractivity contribution in [2.75, 3.05) is 7.11 Å². The van der Waals surface area contributed by atoms with E-state index in [1.807, 2.05) is 20.8 Å². The van der Waals surface area contributed by atoms with Crippen LogP contribution in [0.3, 0.4) is 0 Å². The number of benzene rings is 1. The number of nitrogens with zero attached hydrogens (tertiary/aromatic N) is 2. The first-order chi connectivity index (χ1) is 9.93. The Labute approximate surface area is 127 Å². The molecule has 0 unspecified atom stereocenters. The van der Waals surface area contributed by atoms with Crippen molar-refractivity contribution in [2.45, 2.75) is 33.0 Å². The molecule has 0 amide bonds. The maximum atomic E-state index is 12.0. The largest absolute Gasteiger partial charge is 0.495 e. The SMILES string of the molecule is COc1ccc(-n2c([C@H](C)OC(C)C)n[nH]c2=O)cc1Cl. The molecule has 1 N–H and O–H groups in total. The molecule has 0 radical (unpaired) electrons. The van der Waals surface area contributed by atoms with E-state index < -0.39 is 0 Å². The second-order valence-electron chi connectivity index (χ2n) is 4.87. The van der Waals surface area contributed by atoms with Gasteiger partial charge in [0, 0.05) is 0 Å². The van der Waals surface area contributed by atoms with Crippen LogP contribution in [0.5, 0.6) is 5.75 Å². The van der Waals surface area contributed by atoms with Gasteiger partial charge in [-0.05, 0) is 39.0 Å². The summed E-state index contributed by atoms with van der Waals surface area (Å²) in [5.74, 6) is 1.04. The highest BCUT2D eigenvalue weighted by Gasteiger charge is 2.19. The minimum absolute atomic E-state index is 0.0275. The summed E-state index contributed by atoms with van der Waals surface area (Å²) >= 11 is 6.11. The number of hydrogen-bond donors (Lipinski definition) is 1. The van der Waals surface area contributed by atoms with E-state index in [1.54, 1.807) is 18.2 Å². The van der Waals surface area contributed by atoms with Crippen LogP contribution in [0.1, 0.15) is 32.7 Å². The second-order valence-corrected chi connectivity index (χ2v) is 5.28. The molecule has 0 fully saturated rings. The maximum absolute atomic E-state index is 12.0. The van der Waals surface area contributed by atoms with Crippen LogP contribution in [0.4, 0.5) is 0 Å². The molecule has 1 aromatic carbocycles. The maximum Gasteiger partial charge on any atom is 0.348 e. The third kappa shape index (κ3) is 3.28. The van der Waals surface area contributed by atoms with E-state index in [4.69, 9.17) is 21.1 Å². The molecule has 0 saturated carbocycles. The van der Waals surface area contributed by atoms with Gasteiger partial charge in [0.1, 0.15) is 11.9 Å². The summed E-state index contributed by atoms with van der Waals surface area (Å²) in [6.45, 7) is 5.70. The molecule has 0 saturated heterocycles. The number of aromatic nitrogens is 3. The highest BCUT2D eigenvalue weighted by molar-refractivity contribution is 6.32. The minimum atomic E-state index is -0.342. The third-order valence-electron chi connectivity index (χ3n) is 2.93. The van der Waals surface area contributed by atoms with Gasteiger partial charge >= 0.3 is 5.69 Å². The van der Waals surface area contributed by atoms with E-state index in [0.29, 0.717) is 22.3 Å². The zero-order chi connectivity index (χ0) is 15.6. The molecule has 2 aromatic rings. The Hall–Kier alpha value is -1.79. The van der Waals surface area contributed by atoms with E-state index in [0.717, 1.165) is 0 Å². The predicted octanol–water partition coefficient (Wildman–Crippen LogP) is 2.71. The Balaban J connectivity index is 2.46. The predicted molar refractivity (Wildman–Crippen MR) is 80.4 cm³/mol. The van der Waals surface area contributed by atoms with Crippen molar-refractivity contribution in [3.63, 3.8) is 0 Å². The summed E-state index contributed by atoms with van der Waals surface area (Å²) in [5, 5.41) is 6.91. The molecule has 0 aliphatic heterocycles. The smallest absolute Gasteiger partial charge is 0.348 e. The van der Waals surface area contributed by atoms with E-state index in [-0.39, 0.29) is 17.9 Å². The molecule has 1 aromatic heterocycles. The molecule has 0 aliphatic rings. The van der Waals surface area contributed by atoms with Crippen LogP contribution in [0.15, 0.2) is 23.0 Å². The average Bonchev–Trinajstić information content (AvgIpc) is 2.80. The van der Waals surface area contributed by atoms with Crippen molar-refractivity contribution >= 4 is 11.6 Å². The van der Waals surface area contributed by atoms with Crippen LogP contribution in [0.2, 0.25) is 5.02 Å². The van der Waals surface area contributed by atoms with E-state index >= 15 is 0 Å². The molecule has 21 heavy (non-hydrogen) atoms. The van der Waals surface area contributed by atoms with Gasteiger partial charge in [-0.15, -0.1) is 0 Å². The number of nitrogens with one attached hydrogen (secondary N) is 1. The third-order valence-corrected chi connectivity index (χ3v) is 3.23. The van der Waals surface area contributed by atoms with Gasteiger partial charge < -0.3 is 9.47 Å². The molecule has 1 heterocycles. The van der Waals surface area contributed by atoms with Crippen LogP contribution in [0, 0.1) is 0 Å². The van der Waals surface area contributed by atoms with Gasteiger partial charge in [-0.25, -0.2) is 14.5 Å². The van der Waals surface area contributed by atoms with Crippen molar-refractivity contribution in [3.8, 4) is 11.4 Å². The molecule has 114 valence electrons. The summed E-state index contributed by atoms with van der Waals surface area (Å²) in [6, 6.07) is 5.10. The second kappa shape index (κ2) is 6.32. The van der Waals surface area contributed by atoms with Crippen LogP contribution in [0.25, 0.3) is 5.69 Å². The van der Waals surface area contributed by atoms with Gasteiger partial charge in [-0.3, -0.25) is 0 Å². The number of halogens is 1. The Kier molecular flexibility index (Phi) is 4.69. The number of aromatic amines is 1. The van der Waals surface area contributed by atoms with Gasteiger partial charge in [0.15, 0.2) is 5.82 Å². The van der Waals surface area contributed by atoms with Crippen molar-refractivity contribution in [2.24, 2.45) is 0 Å². The minimum Gasteiger partial charge on any atom is -0.495 e. The van der Waals surface area contributed by atoms with Crippen molar-refractivity contribution < 1.29 is 9.47 Å². The Morgan fingerprint density at radius 3 is 2.62 bits per heavy atom. The Morgan fingerprint density at radius 2 is 2.05 bits per heavy atom. The van der Waals surface area contributed by atoms with Gasteiger partial charge in [-0.1, -0.05) is 11.6 Å². The number of hydrogen-bond acceptors (Lipinski definition) is 4. The van der Waals surface area contributed by atoms with Gasteiger partial charge in [0.05, 0.1) is 23.9 Å². The number of H-pyrrole nitrogens is 1. The number of rotatable bonds is 5. The molecule has 2 rings (SSSR count). The molecular formula is C14H18ClN3O3. The van der Waals surface area contributed by atoms with Crippen LogP contribution in [-0.2, 0) is 4.74 Å². The standard InChI is InChI=1S/C14H18ClN3O3/c1-8(2)21-9(3)13-16-17-14(19)18(13)10-5-6-12(20-4)11(15)7-10/h5-9H,1-4H3,(H,17,19)/t9-/m0/s1. The van der Waals surface area contributed by atoms with Crippen LogP contribution < -0.4 is 10.4 Å². The number of ether oxygens (including phenoxy) is 2. The quantitative estimate of drug-likeness (QED) is 0.921. The lowest BCUT2D eigenvalue weighted by molar-refractivity contribution is 0.0118. The number of methoxy groups -OCH3 is 1. The highest BCUT2D eigenvalue weighted by atomic mass is 35.5. The average molecular weight is 312 g/mol. The molecule has 6 nitrogen and oxygen atoms in total. The summed E-state index contributed by atoms with van der Waals surface area (Å²) in [5.41, 5.74) is 0.263. The lowest BCUT2D eigenvalue weighted by atomic mass is 10.2. The summed E-state index contributed by atoms with van der Waals surface area (Å²) in [4.78, 5) is 12.0. The lowest BCUT2D eigenvalue weighted by Gasteiger charge is -2.16. The van der Waals surface area contributed by atoms with Crippen LogP contribution in [-0.4, -0.2) is 28.0 Å². The topological polar surface area (TPSA) is 69.1 Å². The monoisotopic (exact) mass is 311 g/mol.